The van der Waals surface area contributed by atoms with Crippen LogP contribution in [0.1, 0.15) is 16.1 Å². The van der Waals surface area contributed by atoms with Crippen molar-refractivity contribution < 1.29 is 36.2 Å². The standard InChI is InChI=1S/C21H13F6N5O2/c22-20(23,24)19(34,21(25,26)27)17-13-4-2-1-3-12(13)5-6-14(17)29-18(33)15-7-8-16(31-30-15)32-10-9-28-11-32/h1-11,34H,(H,29,33). The number of hydrogen-bond donors (Lipinski definition) is 2. The van der Waals surface area contributed by atoms with Crippen molar-refractivity contribution in [1.29, 1.82) is 0 Å². The zero-order valence-electron chi connectivity index (χ0n) is 16.8. The van der Waals surface area contributed by atoms with E-state index in [4.69, 9.17) is 0 Å². The van der Waals surface area contributed by atoms with Crippen LogP contribution in [-0.4, -0.2) is 43.1 Å². The molecule has 0 bridgehead atoms. The first-order valence-electron chi connectivity index (χ1n) is 9.45. The highest BCUT2D eigenvalue weighted by Gasteiger charge is 2.72. The average molecular weight is 481 g/mol. The second kappa shape index (κ2) is 8.09. The Labute approximate surface area is 186 Å². The molecular formula is C21H13F6N5O2. The van der Waals surface area contributed by atoms with Crippen LogP contribution < -0.4 is 5.32 Å². The molecule has 0 aliphatic rings. The van der Waals surface area contributed by atoms with Crippen LogP contribution in [-0.2, 0) is 5.60 Å². The number of amides is 1. The van der Waals surface area contributed by atoms with Crippen LogP contribution in [0, 0.1) is 0 Å². The monoisotopic (exact) mass is 481 g/mol. The second-order valence-electron chi connectivity index (χ2n) is 7.12. The predicted molar refractivity (Wildman–Crippen MR) is 107 cm³/mol. The molecule has 0 unspecified atom stereocenters. The van der Waals surface area contributed by atoms with Gasteiger partial charge in [0.05, 0.1) is 0 Å². The van der Waals surface area contributed by atoms with E-state index in [1.807, 2.05) is 5.32 Å². The van der Waals surface area contributed by atoms with Gasteiger partial charge in [0.15, 0.2) is 11.5 Å². The van der Waals surface area contributed by atoms with Gasteiger partial charge in [-0.25, -0.2) is 4.98 Å². The molecule has 0 radical (unpaired) electrons. The van der Waals surface area contributed by atoms with Crippen LogP contribution in [0.5, 0.6) is 0 Å². The first kappa shape index (κ1) is 23.2. The van der Waals surface area contributed by atoms with Gasteiger partial charge in [0.1, 0.15) is 6.33 Å². The summed E-state index contributed by atoms with van der Waals surface area (Å²) in [5.41, 5.74) is -8.09. The van der Waals surface area contributed by atoms with E-state index in [0.29, 0.717) is 0 Å². The molecule has 1 amide bonds. The number of imidazole rings is 1. The van der Waals surface area contributed by atoms with Crippen molar-refractivity contribution >= 4 is 22.4 Å². The molecule has 176 valence electrons. The van der Waals surface area contributed by atoms with E-state index < -0.39 is 40.5 Å². The second-order valence-corrected chi connectivity index (χ2v) is 7.12. The third-order valence-electron chi connectivity index (χ3n) is 5.01. The molecule has 4 aromatic rings. The molecule has 13 heteroatoms. The third-order valence-corrected chi connectivity index (χ3v) is 5.01. The molecule has 0 aliphatic heterocycles. The Hall–Kier alpha value is -4.00. The van der Waals surface area contributed by atoms with Crippen molar-refractivity contribution in [3.05, 3.63) is 78.5 Å². The topological polar surface area (TPSA) is 92.9 Å². The summed E-state index contributed by atoms with van der Waals surface area (Å²) in [6.07, 6.45) is -7.89. The minimum Gasteiger partial charge on any atom is -0.369 e. The number of halogens is 6. The van der Waals surface area contributed by atoms with Gasteiger partial charge < -0.3 is 10.4 Å². The maximum Gasteiger partial charge on any atom is 0.430 e. The van der Waals surface area contributed by atoms with Crippen molar-refractivity contribution in [3.63, 3.8) is 0 Å². The molecule has 0 saturated heterocycles. The zero-order valence-corrected chi connectivity index (χ0v) is 16.8. The fourth-order valence-corrected chi connectivity index (χ4v) is 3.37. The lowest BCUT2D eigenvalue weighted by atomic mass is 9.86. The minimum absolute atomic E-state index is 0.00750. The Morgan fingerprint density at radius 3 is 2.21 bits per heavy atom. The molecule has 0 saturated carbocycles. The Kier molecular flexibility index (Phi) is 5.52. The van der Waals surface area contributed by atoms with Crippen molar-refractivity contribution in [3.8, 4) is 5.82 Å². The van der Waals surface area contributed by atoms with Gasteiger partial charge in [-0.3, -0.25) is 9.36 Å². The van der Waals surface area contributed by atoms with Crippen molar-refractivity contribution in [2.45, 2.75) is 18.0 Å². The van der Waals surface area contributed by atoms with Crippen molar-refractivity contribution in [2.75, 3.05) is 5.32 Å². The summed E-state index contributed by atoms with van der Waals surface area (Å²) in [7, 11) is 0. The summed E-state index contributed by atoms with van der Waals surface area (Å²) in [6.45, 7) is 0. The Bertz CT molecular complexity index is 1320. The summed E-state index contributed by atoms with van der Waals surface area (Å²) in [5.74, 6) is -0.864. The van der Waals surface area contributed by atoms with Crippen LogP contribution >= 0.6 is 0 Å². The van der Waals surface area contributed by atoms with Crippen molar-refractivity contribution in [2.24, 2.45) is 0 Å². The van der Waals surface area contributed by atoms with Gasteiger partial charge in [-0.2, -0.15) is 26.3 Å². The Balaban J connectivity index is 1.81. The largest absolute Gasteiger partial charge is 0.430 e. The molecule has 0 atom stereocenters. The highest BCUT2D eigenvalue weighted by atomic mass is 19.4. The number of benzene rings is 2. The van der Waals surface area contributed by atoms with E-state index in [2.05, 4.69) is 15.2 Å². The smallest absolute Gasteiger partial charge is 0.369 e. The number of nitrogens with one attached hydrogen (secondary N) is 1. The lowest BCUT2D eigenvalue weighted by molar-refractivity contribution is -0.375. The van der Waals surface area contributed by atoms with Crippen LogP contribution in [0.4, 0.5) is 32.0 Å². The molecule has 2 aromatic carbocycles. The molecule has 2 aromatic heterocycles. The van der Waals surface area contributed by atoms with E-state index in [1.165, 1.54) is 53.5 Å². The number of carbonyl (C=O) groups excluding carboxylic acids is 1. The third kappa shape index (κ3) is 3.83. The summed E-state index contributed by atoms with van der Waals surface area (Å²) >= 11 is 0. The maximum absolute atomic E-state index is 13.7. The average Bonchev–Trinajstić information content (AvgIpc) is 3.32. The molecule has 2 heterocycles. The van der Waals surface area contributed by atoms with E-state index in [-0.39, 0.29) is 16.9 Å². The summed E-state index contributed by atoms with van der Waals surface area (Å²) in [6, 6.07) is 9.48. The van der Waals surface area contributed by atoms with Gasteiger partial charge in [0, 0.05) is 23.6 Å². The molecular weight excluding hydrogens is 468 g/mol. The first-order valence-corrected chi connectivity index (χ1v) is 9.45. The number of aromatic nitrogens is 4. The molecule has 0 spiro atoms. The number of aliphatic hydroxyl groups is 1. The van der Waals surface area contributed by atoms with E-state index in [9.17, 15) is 36.2 Å². The van der Waals surface area contributed by atoms with Gasteiger partial charge in [-0.15, -0.1) is 10.2 Å². The van der Waals surface area contributed by atoms with Gasteiger partial charge in [0.2, 0.25) is 0 Å². The fraction of sp³-hybridized carbons (Fsp3) is 0.143. The van der Waals surface area contributed by atoms with Gasteiger partial charge in [-0.05, 0) is 29.0 Å². The number of nitrogens with zero attached hydrogens (tertiary/aromatic N) is 4. The number of fused-ring (bicyclic) bond motifs is 1. The Morgan fingerprint density at radius 1 is 0.912 bits per heavy atom. The first-order chi connectivity index (χ1) is 15.9. The van der Waals surface area contributed by atoms with Crippen LogP contribution in [0.15, 0.2) is 67.3 Å². The maximum atomic E-state index is 13.7. The zero-order chi connectivity index (χ0) is 24.7. The van der Waals surface area contributed by atoms with Gasteiger partial charge >= 0.3 is 12.4 Å². The molecule has 0 aliphatic carbocycles. The van der Waals surface area contributed by atoms with Gasteiger partial charge in [0.25, 0.3) is 11.5 Å². The summed E-state index contributed by atoms with van der Waals surface area (Å²) < 4.78 is 83.8. The highest BCUT2D eigenvalue weighted by molar-refractivity contribution is 6.05. The minimum atomic E-state index is -6.15. The lowest BCUT2D eigenvalue weighted by Gasteiger charge is -2.34. The molecule has 0 fully saturated rings. The molecule has 7 nitrogen and oxygen atoms in total. The quantitative estimate of drug-likeness (QED) is 0.422. The van der Waals surface area contributed by atoms with Crippen LogP contribution in [0.2, 0.25) is 0 Å². The number of hydrogen-bond acceptors (Lipinski definition) is 5. The van der Waals surface area contributed by atoms with Gasteiger partial charge in [-0.1, -0.05) is 30.3 Å². The number of carbonyl (C=O) groups is 1. The predicted octanol–water partition coefficient (Wildman–Crippen LogP) is 4.38. The SMILES string of the molecule is O=C(Nc1ccc2ccccc2c1C(O)(C(F)(F)F)C(F)(F)F)c1ccc(-n2ccnc2)nn1. The highest BCUT2D eigenvalue weighted by Crippen LogP contribution is 2.53. The van der Waals surface area contributed by atoms with Crippen LogP contribution in [0.25, 0.3) is 16.6 Å². The molecule has 2 N–H and O–H groups in total. The van der Waals surface area contributed by atoms with E-state index in [0.717, 1.165) is 12.1 Å². The summed E-state index contributed by atoms with van der Waals surface area (Å²) in [5, 5.41) is 19.0. The summed E-state index contributed by atoms with van der Waals surface area (Å²) in [4.78, 5) is 16.5. The normalized spacial score (nSPS) is 12.7. The molecule has 4 rings (SSSR count). The lowest BCUT2D eigenvalue weighted by Crippen LogP contribution is -2.54. The van der Waals surface area contributed by atoms with Crippen molar-refractivity contribution in [1.82, 2.24) is 19.7 Å². The van der Waals surface area contributed by atoms with E-state index >= 15 is 0 Å². The number of alkyl halides is 6. The number of anilines is 1. The fourth-order valence-electron chi connectivity index (χ4n) is 3.37. The van der Waals surface area contributed by atoms with Crippen LogP contribution in [0.3, 0.4) is 0 Å². The molecule has 34 heavy (non-hydrogen) atoms. The Morgan fingerprint density at radius 2 is 1.62 bits per heavy atom. The number of rotatable bonds is 4. The van der Waals surface area contributed by atoms with E-state index in [1.54, 1.807) is 6.20 Å².